The second-order valence-electron chi connectivity index (χ2n) is 11.0. The van der Waals surface area contributed by atoms with Crippen LogP contribution in [0.25, 0.3) is 0 Å². The molecule has 168 valence electrons. The van der Waals surface area contributed by atoms with E-state index in [9.17, 15) is 0 Å². The van der Waals surface area contributed by atoms with Gasteiger partial charge in [-0.25, -0.2) is 0 Å². The Bertz CT molecular complexity index is 544. The van der Waals surface area contributed by atoms with Crippen LogP contribution in [0.5, 0.6) is 0 Å². The molecule has 4 heteroatoms. The Kier molecular flexibility index (Phi) is 8.52. The van der Waals surface area contributed by atoms with Crippen molar-refractivity contribution in [2.45, 2.75) is 78.1 Å². The Morgan fingerprint density at radius 3 is 2.52 bits per heavy atom. The van der Waals surface area contributed by atoms with E-state index in [2.05, 4.69) is 55.8 Å². The summed E-state index contributed by atoms with van der Waals surface area (Å²) in [5, 5.41) is 4.33. The number of hydrogen-bond acceptors (Lipinski definition) is 3. The molecule has 0 bridgehead atoms. The number of rotatable bonds is 8. The molecule has 3 aliphatic rings. The van der Waals surface area contributed by atoms with Gasteiger partial charge in [-0.1, -0.05) is 46.3 Å². The summed E-state index contributed by atoms with van der Waals surface area (Å²) in [5.74, 6) is 2.26. The van der Waals surface area contributed by atoms with Crippen LogP contribution in [0.2, 0.25) is 0 Å². The average molecular weight is 424 g/mol. The Morgan fingerprint density at radius 2 is 1.93 bits per heavy atom. The molecule has 2 fully saturated rings. The van der Waals surface area contributed by atoms with E-state index in [1.54, 1.807) is 5.57 Å². The van der Waals surface area contributed by atoms with Crippen LogP contribution >= 0.6 is 11.6 Å². The van der Waals surface area contributed by atoms with Crippen molar-refractivity contribution in [3.8, 4) is 0 Å². The quantitative estimate of drug-likeness (QED) is 0.437. The molecule has 0 saturated carbocycles. The fourth-order valence-electron chi connectivity index (χ4n) is 5.92. The maximum atomic E-state index is 6.33. The van der Waals surface area contributed by atoms with Crippen LogP contribution in [-0.4, -0.2) is 67.0 Å². The molecule has 1 aliphatic carbocycles. The van der Waals surface area contributed by atoms with Gasteiger partial charge < -0.3 is 15.1 Å². The topological polar surface area (TPSA) is 18.5 Å². The third-order valence-corrected chi connectivity index (χ3v) is 8.28. The Hall–Kier alpha value is -0.0900. The Morgan fingerprint density at radius 1 is 1.17 bits per heavy atom. The van der Waals surface area contributed by atoms with Gasteiger partial charge in [-0.2, -0.15) is 0 Å². The summed E-state index contributed by atoms with van der Waals surface area (Å²) in [6.45, 7) is 20.7. The van der Waals surface area contributed by atoms with Crippen LogP contribution < -0.4 is 5.32 Å². The summed E-state index contributed by atoms with van der Waals surface area (Å²) in [4.78, 5) is 5.34. The zero-order valence-corrected chi connectivity index (χ0v) is 20.5. The third kappa shape index (κ3) is 6.45. The van der Waals surface area contributed by atoms with Crippen LogP contribution in [0, 0.1) is 23.2 Å². The largest absolute Gasteiger partial charge is 0.312 e. The third-order valence-electron chi connectivity index (χ3n) is 7.88. The lowest BCUT2D eigenvalue weighted by Gasteiger charge is -2.47. The summed E-state index contributed by atoms with van der Waals surface area (Å²) in [6, 6.07) is 0.601. The smallest absolute Gasteiger partial charge is 0.0373 e. The zero-order chi connectivity index (χ0) is 21.0. The van der Waals surface area contributed by atoms with Gasteiger partial charge in [0, 0.05) is 31.1 Å². The van der Waals surface area contributed by atoms with Gasteiger partial charge in [0.05, 0.1) is 0 Å². The highest BCUT2D eigenvalue weighted by Gasteiger charge is 2.39. The molecule has 0 radical (unpaired) electrons. The molecular weight excluding hydrogens is 378 g/mol. The molecule has 2 saturated heterocycles. The van der Waals surface area contributed by atoms with Gasteiger partial charge in [0.25, 0.3) is 0 Å². The summed E-state index contributed by atoms with van der Waals surface area (Å²) in [7, 11) is 0. The lowest BCUT2D eigenvalue weighted by Crippen LogP contribution is -2.52. The van der Waals surface area contributed by atoms with Crippen molar-refractivity contribution in [1.82, 2.24) is 15.1 Å². The fourth-order valence-corrected chi connectivity index (χ4v) is 6.12. The van der Waals surface area contributed by atoms with Crippen molar-refractivity contribution in [2.75, 3.05) is 45.8 Å². The monoisotopic (exact) mass is 423 g/mol. The number of piperidine rings is 1. The zero-order valence-electron chi connectivity index (χ0n) is 19.7. The number of nitrogens with one attached hydrogen (secondary N) is 1. The molecule has 3 rings (SSSR count). The van der Waals surface area contributed by atoms with Crippen molar-refractivity contribution >= 4 is 11.6 Å². The van der Waals surface area contributed by atoms with Crippen molar-refractivity contribution < 1.29 is 0 Å². The summed E-state index contributed by atoms with van der Waals surface area (Å²) in [5.41, 5.74) is 2.06. The van der Waals surface area contributed by atoms with Gasteiger partial charge >= 0.3 is 0 Å². The first-order chi connectivity index (χ1) is 13.8. The first kappa shape index (κ1) is 23.6. The Balaban J connectivity index is 1.51. The number of halogens is 1. The van der Waals surface area contributed by atoms with E-state index < -0.39 is 0 Å². The summed E-state index contributed by atoms with van der Waals surface area (Å²) >= 11 is 6.33. The van der Waals surface area contributed by atoms with E-state index in [-0.39, 0.29) is 0 Å². The van der Waals surface area contributed by atoms with Gasteiger partial charge in [-0.3, -0.25) is 0 Å². The van der Waals surface area contributed by atoms with E-state index in [4.69, 9.17) is 11.6 Å². The van der Waals surface area contributed by atoms with Crippen LogP contribution in [0.15, 0.2) is 11.6 Å². The van der Waals surface area contributed by atoms with Crippen molar-refractivity contribution in [3.05, 3.63) is 11.6 Å². The standard InChI is InChI=1S/C25H46ClN3/c1-6-28-13-11-20(16-28)15-27-24(19(2)3)17-29-14-12-23(25(4,5)18-29)21-7-9-22(26)10-8-21/h7,19-20,22-24,27H,6,8-18H2,1-5H3/t20-,22?,23?,24-/m0/s1. The Labute approximate surface area is 185 Å². The van der Waals surface area contributed by atoms with E-state index >= 15 is 0 Å². The minimum atomic E-state index is 0.359. The molecule has 0 aromatic rings. The highest BCUT2D eigenvalue weighted by molar-refractivity contribution is 6.20. The van der Waals surface area contributed by atoms with Gasteiger partial charge in [-0.05, 0) is 81.5 Å². The second-order valence-corrected chi connectivity index (χ2v) is 11.6. The van der Waals surface area contributed by atoms with Crippen molar-refractivity contribution in [1.29, 1.82) is 0 Å². The molecule has 2 unspecified atom stereocenters. The molecule has 4 atom stereocenters. The van der Waals surface area contributed by atoms with E-state index in [1.807, 2.05) is 0 Å². The number of nitrogens with zero attached hydrogens (tertiary/aromatic N) is 2. The van der Waals surface area contributed by atoms with Crippen molar-refractivity contribution in [3.63, 3.8) is 0 Å². The van der Waals surface area contributed by atoms with Crippen LogP contribution in [0.3, 0.4) is 0 Å². The summed E-state index contributed by atoms with van der Waals surface area (Å²) < 4.78 is 0. The van der Waals surface area contributed by atoms with Crippen LogP contribution in [0.4, 0.5) is 0 Å². The molecule has 0 spiro atoms. The normalized spacial score (nSPS) is 32.5. The van der Waals surface area contributed by atoms with Gasteiger partial charge in [0.15, 0.2) is 0 Å². The van der Waals surface area contributed by atoms with Gasteiger partial charge in [0.2, 0.25) is 0 Å². The predicted octanol–water partition coefficient (Wildman–Crippen LogP) is 5.01. The highest BCUT2D eigenvalue weighted by Crippen LogP contribution is 2.43. The number of hydrogen-bond donors (Lipinski definition) is 1. The molecule has 0 amide bonds. The number of likely N-dealkylation sites (tertiary alicyclic amines) is 2. The van der Waals surface area contributed by atoms with E-state index in [0.29, 0.717) is 22.8 Å². The molecule has 0 aromatic heterocycles. The SMILES string of the molecule is CCN1CC[C@@H](CN[C@@H](CN2CCC(C3=CCC(Cl)CC3)C(C)(C)C2)C(C)C)C1. The summed E-state index contributed by atoms with van der Waals surface area (Å²) in [6.07, 6.45) is 8.60. The maximum Gasteiger partial charge on any atom is 0.0373 e. The van der Waals surface area contributed by atoms with E-state index in [1.165, 1.54) is 71.5 Å². The lowest BCUT2D eigenvalue weighted by atomic mass is 9.68. The van der Waals surface area contributed by atoms with Crippen LogP contribution in [-0.2, 0) is 0 Å². The van der Waals surface area contributed by atoms with Crippen molar-refractivity contribution in [2.24, 2.45) is 23.2 Å². The highest BCUT2D eigenvalue weighted by atomic mass is 35.5. The molecule has 2 aliphatic heterocycles. The molecule has 29 heavy (non-hydrogen) atoms. The molecule has 3 nitrogen and oxygen atoms in total. The van der Waals surface area contributed by atoms with Gasteiger partial charge in [0.1, 0.15) is 0 Å². The molecule has 0 aromatic carbocycles. The predicted molar refractivity (Wildman–Crippen MR) is 127 cm³/mol. The van der Waals surface area contributed by atoms with E-state index in [0.717, 1.165) is 18.3 Å². The lowest BCUT2D eigenvalue weighted by molar-refractivity contribution is 0.0594. The molecule has 2 heterocycles. The maximum absolute atomic E-state index is 6.33. The van der Waals surface area contributed by atoms with Crippen LogP contribution in [0.1, 0.15) is 66.7 Å². The molecular formula is C25H46ClN3. The minimum Gasteiger partial charge on any atom is -0.312 e. The second kappa shape index (κ2) is 10.5. The first-order valence-corrected chi connectivity index (χ1v) is 12.7. The van der Waals surface area contributed by atoms with Gasteiger partial charge in [-0.15, -0.1) is 11.6 Å². The molecule has 1 N–H and O–H groups in total. The number of allylic oxidation sites excluding steroid dienone is 2. The fraction of sp³-hybridized carbons (Fsp3) is 0.920. The number of alkyl halides is 1. The average Bonchev–Trinajstić information content (AvgIpc) is 3.13. The first-order valence-electron chi connectivity index (χ1n) is 12.3. The minimum absolute atomic E-state index is 0.359.